The summed E-state index contributed by atoms with van der Waals surface area (Å²) in [4.78, 5) is 23.0. The first-order chi connectivity index (χ1) is 16.1. The number of likely N-dealkylation sites (tertiary alicyclic amines) is 1. The Bertz CT molecular complexity index is 1240. The molecule has 2 amide bonds. The highest BCUT2D eigenvalue weighted by Gasteiger charge is 2.61. The zero-order valence-corrected chi connectivity index (χ0v) is 19.0. The largest absolute Gasteiger partial charge is 0.418 e. The number of urea groups is 1. The van der Waals surface area contributed by atoms with Crippen LogP contribution in [0.2, 0.25) is 0 Å². The maximum absolute atomic E-state index is 13.7. The molecule has 1 unspecified atom stereocenters. The van der Waals surface area contributed by atoms with Crippen molar-refractivity contribution in [3.63, 3.8) is 0 Å². The molecule has 8 nitrogen and oxygen atoms in total. The second-order valence-corrected chi connectivity index (χ2v) is 9.26. The Hall–Kier alpha value is -3.21. The Kier molecular flexibility index (Phi) is 5.27. The summed E-state index contributed by atoms with van der Waals surface area (Å²) >= 11 is 0. The van der Waals surface area contributed by atoms with Crippen LogP contribution in [-0.2, 0) is 10.9 Å². The van der Waals surface area contributed by atoms with E-state index in [0.717, 1.165) is 19.3 Å². The van der Waals surface area contributed by atoms with Crippen LogP contribution in [0.4, 0.5) is 23.8 Å². The molecule has 1 saturated heterocycles. The molecular formula is C23H25F3N6O2. The molecule has 2 fully saturated rings. The average molecular weight is 474 g/mol. The molecule has 1 saturated carbocycles. The first-order valence-corrected chi connectivity index (χ1v) is 11.1. The van der Waals surface area contributed by atoms with E-state index in [-0.39, 0.29) is 29.4 Å². The fourth-order valence-electron chi connectivity index (χ4n) is 5.55. The van der Waals surface area contributed by atoms with E-state index in [9.17, 15) is 18.0 Å². The van der Waals surface area contributed by atoms with Crippen LogP contribution in [0.1, 0.15) is 38.7 Å². The number of fused-ring (bicyclic) bond motifs is 3. The molecule has 0 radical (unpaired) electrons. The van der Waals surface area contributed by atoms with Crippen molar-refractivity contribution in [3.05, 3.63) is 42.4 Å². The number of piperidine rings is 1. The maximum atomic E-state index is 13.7. The molecule has 1 aliphatic carbocycles. The highest BCUT2D eigenvalue weighted by atomic mass is 19.4. The molecule has 0 aromatic carbocycles. The van der Waals surface area contributed by atoms with Crippen LogP contribution < -0.4 is 5.32 Å². The van der Waals surface area contributed by atoms with Gasteiger partial charge in [0.2, 0.25) is 0 Å². The number of aromatic nitrogens is 4. The summed E-state index contributed by atoms with van der Waals surface area (Å²) in [6, 6.07) is 4.31. The van der Waals surface area contributed by atoms with E-state index in [1.807, 2.05) is 6.92 Å². The van der Waals surface area contributed by atoms with Gasteiger partial charge in [-0.05, 0) is 50.3 Å². The number of rotatable bonds is 4. The first kappa shape index (κ1) is 22.6. The minimum Gasteiger partial charge on any atom is -0.379 e. The minimum atomic E-state index is -4.66. The fraction of sp³-hybridized carbons (Fsp3) is 0.478. The number of carbonyl (C=O) groups is 1. The zero-order chi connectivity index (χ0) is 24.3. The molecule has 2 bridgehead atoms. The van der Waals surface area contributed by atoms with Gasteiger partial charge in [-0.3, -0.25) is 5.32 Å². The normalized spacial score (nSPS) is 25.2. The van der Waals surface area contributed by atoms with Gasteiger partial charge in [-0.1, -0.05) is 6.92 Å². The second kappa shape index (κ2) is 7.93. The number of halogens is 3. The van der Waals surface area contributed by atoms with Crippen LogP contribution in [0.5, 0.6) is 0 Å². The molecule has 5 rings (SSSR count). The van der Waals surface area contributed by atoms with E-state index in [1.54, 1.807) is 30.3 Å². The molecule has 0 spiro atoms. The number of ether oxygens (including phenoxy) is 1. The Morgan fingerprint density at radius 3 is 2.82 bits per heavy atom. The van der Waals surface area contributed by atoms with E-state index < -0.39 is 23.3 Å². The third-order valence-electron chi connectivity index (χ3n) is 7.11. The van der Waals surface area contributed by atoms with Gasteiger partial charge in [0.1, 0.15) is 5.82 Å². The summed E-state index contributed by atoms with van der Waals surface area (Å²) in [5, 5.41) is 6.90. The summed E-state index contributed by atoms with van der Waals surface area (Å²) in [6.07, 6.45) is 1.47. The molecule has 4 atom stereocenters. The number of alkyl halides is 3. The molecule has 1 aliphatic heterocycles. The highest BCUT2D eigenvalue weighted by molar-refractivity contribution is 5.91. The Balaban J connectivity index is 1.48. The van der Waals surface area contributed by atoms with Gasteiger partial charge in [0.15, 0.2) is 5.82 Å². The van der Waals surface area contributed by atoms with Crippen molar-refractivity contribution in [2.24, 2.45) is 5.92 Å². The third-order valence-corrected chi connectivity index (χ3v) is 7.11. The predicted molar refractivity (Wildman–Crippen MR) is 118 cm³/mol. The number of pyridine rings is 1. The Morgan fingerprint density at radius 2 is 2.09 bits per heavy atom. The Labute approximate surface area is 194 Å². The van der Waals surface area contributed by atoms with E-state index in [1.165, 1.54) is 16.8 Å². The zero-order valence-electron chi connectivity index (χ0n) is 19.0. The molecule has 180 valence electrons. The minimum absolute atomic E-state index is 0.00226. The maximum Gasteiger partial charge on any atom is 0.418 e. The van der Waals surface area contributed by atoms with Gasteiger partial charge >= 0.3 is 12.2 Å². The van der Waals surface area contributed by atoms with Gasteiger partial charge in [0, 0.05) is 31.1 Å². The molecule has 3 aromatic heterocycles. The van der Waals surface area contributed by atoms with Gasteiger partial charge in [-0.2, -0.15) is 13.2 Å². The molecular weight excluding hydrogens is 449 g/mol. The summed E-state index contributed by atoms with van der Waals surface area (Å²) < 4.78 is 48.2. The molecule has 4 heterocycles. The monoisotopic (exact) mass is 474 g/mol. The first-order valence-electron chi connectivity index (χ1n) is 11.1. The Morgan fingerprint density at radius 1 is 1.29 bits per heavy atom. The van der Waals surface area contributed by atoms with Crippen LogP contribution in [0.3, 0.4) is 0 Å². The summed E-state index contributed by atoms with van der Waals surface area (Å²) in [5.41, 5.74) is -1.02. The van der Waals surface area contributed by atoms with Gasteiger partial charge in [0.25, 0.3) is 0 Å². The number of hydrogen-bond donors (Lipinski definition) is 1. The van der Waals surface area contributed by atoms with Crippen LogP contribution in [0, 0.1) is 5.92 Å². The summed E-state index contributed by atoms with van der Waals surface area (Å²) in [5.74, 6) is 0.340. The number of nitrogens with zero attached hydrogens (tertiary/aromatic N) is 5. The van der Waals surface area contributed by atoms with Crippen molar-refractivity contribution in [1.82, 2.24) is 24.5 Å². The van der Waals surface area contributed by atoms with Crippen molar-refractivity contribution in [2.75, 3.05) is 12.4 Å². The van der Waals surface area contributed by atoms with Gasteiger partial charge in [-0.15, -0.1) is 5.10 Å². The van der Waals surface area contributed by atoms with Crippen LogP contribution >= 0.6 is 0 Å². The average Bonchev–Trinajstić information content (AvgIpc) is 3.25. The molecule has 11 heteroatoms. The molecule has 3 aromatic rings. The van der Waals surface area contributed by atoms with Crippen molar-refractivity contribution < 1.29 is 22.7 Å². The second-order valence-electron chi connectivity index (χ2n) is 9.26. The third kappa shape index (κ3) is 3.58. The lowest BCUT2D eigenvalue weighted by molar-refractivity contribution is -0.155. The number of methoxy groups -OCH3 is 1. The van der Waals surface area contributed by atoms with Crippen molar-refractivity contribution in [2.45, 2.75) is 57.0 Å². The summed E-state index contributed by atoms with van der Waals surface area (Å²) in [6.45, 7) is 4.10. The smallest absolute Gasteiger partial charge is 0.379 e. The predicted octanol–water partition coefficient (Wildman–Crippen LogP) is 4.62. The number of anilines is 1. The van der Waals surface area contributed by atoms with Crippen LogP contribution in [0.25, 0.3) is 16.9 Å². The van der Waals surface area contributed by atoms with E-state index in [2.05, 4.69) is 27.3 Å². The van der Waals surface area contributed by atoms with Gasteiger partial charge < -0.3 is 9.64 Å². The topological polar surface area (TPSA) is 84.7 Å². The fourth-order valence-corrected chi connectivity index (χ4v) is 5.55. The van der Waals surface area contributed by atoms with Crippen LogP contribution in [0.15, 0.2) is 36.8 Å². The van der Waals surface area contributed by atoms with Crippen LogP contribution in [-0.4, -0.2) is 55.3 Å². The van der Waals surface area contributed by atoms with Crippen molar-refractivity contribution in [3.8, 4) is 11.4 Å². The SMILES string of the molecule is COC(C)[C@]12C[C@H](C)C[C@H](C1)N2C(=O)Nc1cc(-c2ncc3cccn3n2)c(C(F)(F)F)cn1. The lowest BCUT2D eigenvalue weighted by atomic mass is 9.62. The number of carbonyl (C=O) groups excluding carboxylic acids is 1. The quantitative estimate of drug-likeness (QED) is 0.597. The number of amides is 2. The van der Waals surface area contributed by atoms with E-state index >= 15 is 0 Å². The van der Waals surface area contributed by atoms with Crippen molar-refractivity contribution in [1.29, 1.82) is 0 Å². The summed E-state index contributed by atoms with van der Waals surface area (Å²) in [7, 11) is 1.62. The van der Waals surface area contributed by atoms with E-state index in [4.69, 9.17) is 4.74 Å². The lowest BCUT2D eigenvalue weighted by Gasteiger charge is -2.65. The standard InChI is InChI=1S/C23H25F3N6O2/c1-13-7-16-10-22(9-13,14(2)34-3)32(16)21(33)29-19-8-17(18(12-27-19)23(24,25)26)20-28-11-15-5-4-6-31(15)30-20/h4-6,8,11-14,16H,7,9-10H2,1-3H3,(H,27,29,33)/t13-,14?,16-,22+/m1/s1. The molecule has 34 heavy (non-hydrogen) atoms. The molecule has 2 aliphatic rings. The highest BCUT2D eigenvalue weighted by Crippen LogP contribution is 2.52. The number of hydrogen-bond acceptors (Lipinski definition) is 5. The van der Waals surface area contributed by atoms with Gasteiger partial charge in [-0.25, -0.2) is 19.3 Å². The lowest BCUT2D eigenvalue weighted by Crippen LogP contribution is -2.76. The number of nitrogens with one attached hydrogen (secondary N) is 1. The van der Waals surface area contributed by atoms with E-state index in [0.29, 0.717) is 17.6 Å². The van der Waals surface area contributed by atoms with Crippen molar-refractivity contribution >= 4 is 17.4 Å². The molecule has 1 N–H and O–H groups in total. The van der Waals surface area contributed by atoms with Gasteiger partial charge in [0.05, 0.1) is 28.9 Å².